The number of carbonyl (C=O) groups excluding carboxylic acids is 2. The Morgan fingerprint density at radius 3 is 2.71 bits per heavy atom. The van der Waals surface area contributed by atoms with Crippen molar-refractivity contribution in [1.29, 1.82) is 0 Å². The van der Waals surface area contributed by atoms with Gasteiger partial charge in [0.05, 0.1) is 6.54 Å². The molecule has 0 atom stereocenters. The van der Waals surface area contributed by atoms with Crippen molar-refractivity contribution in [3.05, 3.63) is 53.9 Å². The fourth-order valence-electron chi connectivity index (χ4n) is 2.17. The molecular formula is C15H15N3O3. The van der Waals surface area contributed by atoms with Gasteiger partial charge in [0.15, 0.2) is 0 Å². The van der Waals surface area contributed by atoms with Gasteiger partial charge in [-0.15, -0.1) is 0 Å². The Morgan fingerprint density at radius 2 is 2.10 bits per heavy atom. The normalized spacial score (nSPS) is 14.1. The molecule has 21 heavy (non-hydrogen) atoms. The van der Waals surface area contributed by atoms with Crippen LogP contribution < -0.4 is 10.2 Å². The predicted octanol–water partition coefficient (Wildman–Crippen LogP) is 1.90. The standard InChI is InChI=1S/C15H15N3O3/c19-14(13-2-1-7-16-13)17-10-11-3-5-12(6-4-11)18-8-9-21-15(18)20/h1-7,16H,8-10H2,(H,17,19). The summed E-state index contributed by atoms with van der Waals surface area (Å²) in [4.78, 5) is 27.7. The number of rotatable bonds is 4. The second-order valence-corrected chi connectivity index (χ2v) is 4.70. The van der Waals surface area contributed by atoms with E-state index >= 15 is 0 Å². The van der Waals surface area contributed by atoms with E-state index in [0.717, 1.165) is 11.3 Å². The van der Waals surface area contributed by atoms with Crippen molar-refractivity contribution in [2.45, 2.75) is 6.54 Å². The van der Waals surface area contributed by atoms with E-state index in [2.05, 4.69) is 10.3 Å². The SMILES string of the molecule is O=C(NCc1ccc(N2CCOC2=O)cc1)c1ccc[nH]1. The molecular weight excluding hydrogens is 270 g/mol. The molecule has 0 radical (unpaired) electrons. The molecule has 3 rings (SSSR count). The van der Waals surface area contributed by atoms with Gasteiger partial charge in [-0.05, 0) is 29.8 Å². The number of carbonyl (C=O) groups is 2. The number of nitrogens with one attached hydrogen (secondary N) is 2. The highest BCUT2D eigenvalue weighted by molar-refractivity contribution is 5.92. The van der Waals surface area contributed by atoms with Crippen molar-refractivity contribution in [3.63, 3.8) is 0 Å². The summed E-state index contributed by atoms with van der Waals surface area (Å²) >= 11 is 0. The summed E-state index contributed by atoms with van der Waals surface area (Å²) in [5, 5.41) is 2.82. The Morgan fingerprint density at radius 1 is 1.29 bits per heavy atom. The third kappa shape index (κ3) is 2.89. The van der Waals surface area contributed by atoms with E-state index in [1.807, 2.05) is 24.3 Å². The maximum atomic E-state index is 11.8. The number of hydrogen-bond acceptors (Lipinski definition) is 3. The van der Waals surface area contributed by atoms with E-state index in [9.17, 15) is 9.59 Å². The first kappa shape index (κ1) is 13.2. The fraction of sp³-hybridized carbons (Fsp3) is 0.200. The Balaban J connectivity index is 1.60. The molecule has 6 nitrogen and oxygen atoms in total. The van der Waals surface area contributed by atoms with Crippen molar-refractivity contribution in [2.24, 2.45) is 0 Å². The molecule has 1 aliphatic heterocycles. The van der Waals surface area contributed by atoms with E-state index in [1.54, 1.807) is 23.2 Å². The van der Waals surface area contributed by atoms with E-state index in [-0.39, 0.29) is 12.0 Å². The molecule has 0 aliphatic carbocycles. The molecule has 0 unspecified atom stereocenters. The number of nitrogens with zero attached hydrogens (tertiary/aromatic N) is 1. The van der Waals surface area contributed by atoms with E-state index in [1.165, 1.54) is 0 Å². The van der Waals surface area contributed by atoms with Gasteiger partial charge in [-0.25, -0.2) is 4.79 Å². The topological polar surface area (TPSA) is 74.4 Å². The number of cyclic esters (lactones) is 1. The number of aromatic amines is 1. The third-order valence-corrected chi connectivity index (χ3v) is 3.30. The molecule has 2 amide bonds. The molecule has 2 aromatic rings. The molecule has 0 bridgehead atoms. The predicted molar refractivity (Wildman–Crippen MR) is 77.1 cm³/mol. The van der Waals surface area contributed by atoms with Crippen LogP contribution in [-0.4, -0.2) is 30.1 Å². The number of H-pyrrole nitrogens is 1. The van der Waals surface area contributed by atoms with Crippen molar-refractivity contribution >= 4 is 17.7 Å². The van der Waals surface area contributed by atoms with Crippen molar-refractivity contribution in [3.8, 4) is 0 Å². The quantitative estimate of drug-likeness (QED) is 0.901. The summed E-state index contributed by atoms with van der Waals surface area (Å²) < 4.78 is 4.90. The van der Waals surface area contributed by atoms with Crippen LogP contribution in [0, 0.1) is 0 Å². The number of aromatic nitrogens is 1. The lowest BCUT2D eigenvalue weighted by Crippen LogP contribution is -2.24. The number of benzene rings is 1. The Bertz CT molecular complexity index is 635. The van der Waals surface area contributed by atoms with Gasteiger partial charge < -0.3 is 15.0 Å². The van der Waals surface area contributed by atoms with Gasteiger partial charge in [-0.3, -0.25) is 9.69 Å². The molecule has 6 heteroatoms. The largest absolute Gasteiger partial charge is 0.447 e. The Kier molecular flexibility index (Phi) is 3.59. The molecule has 1 saturated heterocycles. The van der Waals surface area contributed by atoms with E-state index in [4.69, 9.17) is 4.74 Å². The van der Waals surface area contributed by atoms with Gasteiger partial charge in [-0.1, -0.05) is 12.1 Å². The van der Waals surface area contributed by atoms with Crippen molar-refractivity contribution < 1.29 is 14.3 Å². The van der Waals surface area contributed by atoms with Gasteiger partial charge in [0.25, 0.3) is 5.91 Å². The third-order valence-electron chi connectivity index (χ3n) is 3.30. The molecule has 2 N–H and O–H groups in total. The van der Waals surface area contributed by atoms with Crippen LogP contribution in [-0.2, 0) is 11.3 Å². The molecule has 2 heterocycles. The summed E-state index contributed by atoms with van der Waals surface area (Å²) in [6.45, 7) is 1.43. The average molecular weight is 285 g/mol. The number of hydrogen-bond donors (Lipinski definition) is 2. The summed E-state index contributed by atoms with van der Waals surface area (Å²) in [6.07, 6.45) is 1.39. The van der Waals surface area contributed by atoms with Crippen molar-refractivity contribution in [1.82, 2.24) is 10.3 Å². The van der Waals surface area contributed by atoms with Crippen LogP contribution in [0.4, 0.5) is 10.5 Å². The first-order valence-corrected chi connectivity index (χ1v) is 6.69. The number of anilines is 1. The van der Waals surface area contributed by atoms with Crippen LogP contribution >= 0.6 is 0 Å². The minimum atomic E-state index is -0.317. The van der Waals surface area contributed by atoms with Gasteiger partial charge in [0.2, 0.25) is 0 Å². The minimum absolute atomic E-state index is 0.146. The summed E-state index contributed by atoms with van der Waals surface area (Å²) in [5.41, 5.74) is 2.30. The lowest BCUT2D eigenvalue weighted by Gasteiger charge is -2.13. The zero-order valence-electron chi connectivity index (χ0n) is 11.3. The molecule has 1 aromatic carbocycles. The molecule has 0 saturated carbocycles. The van der Waals surface area contributed by atoms with Crippen LogP contribution in [0.1, 0.15) is 16.1 Å². The van der Waals surface area contributed by atoms with E-state index < -0.39 is 0 Å². The monoisotopic (exact) mass is 285 g/mol. The summed E-state index contributed by atoms with van der Waals surface area (Å²) in [7, 11) is 0. The highest BCUT2D eigenvalue weighted by Crippen LogP contribution is 2.19. The van der Waals surface area contributed by atoms with Crippen LogP contribution in [0.25, 0.3) is 0 Å². The first-order chi connectivity index (χ1) is 10.2. The maximum absolute atomic E-state index is 11.8. The first-order valence-electron chi connectivity index (χ1n) is 6.69. The summed E-state index contributed by atoms with van der Waals surface area (Å²) in [6, 6.07) is 11.0. The maximum Gasteiger partial charge on any atom is 0.414 e. The van der Waals surface area contributed by atoms with Crippen LogP contribution in [0.5, 0.6) is 0 Å². The highest BCUT2D eigenvalue weighted by atomic mass is 16.6. The zero-order valence-corrected chi connectivity index (χ0v) is 11.3. The van der Waals surface area contributed by atoms with Crippen molar-refractivity contribution in [2.75, 3.05) is 18.1 Å². The fourth-order valence-corrected chi connectivity index (χ4v) is 2.17. The lowest BCUT2D eigenvalue weighted by molar-refractivity contribution is 0.0946. The van der Waals surface area contributed by atoms with Gasteiger partial charge in [-0.2, -0.15) is 0 Å². The second kappa shape index (κ2) is 5.70. The molecule has 1 aliphatic rings. The number of amides is 2. The second-order valence-electron chi connectivity index (χ2n) is 4.70. The average Bonchev–Trinajstić information content (AvgIpc) is 3.17. The van der Waals surface area contributed by atoms with Gasteiger partial charge in [0, 0.05) is 18.4 Å². The Labute approximate surface area is 121 Å². The number of ether oxygens (including phenoxy) is 1. The van der Waals surface area contributed by atoms with Crippen LogP contribution in [0.3, 0.4) is 0 Å². The molecule has 1 fully saturated rings. The molecule has 108 valence electrons. The smallest absolute Gasteiger partial charge is 0.414 e. The lowest BCUT2D eigenvalue weighted by atomic mass is 10.2. The minimum Gasteiger partial charge on any atom is -0.447 e. The van der Waals surface area contributed by atoms with Crippen LogP contribution in [0.2, 0.25) is 0 Å². The van der Waals surface area contributed by atoms with Crippen LogP contribution in [0.15, 0.2) is 42.6 Å². The van der Waals surface area contributed by atoms with Gasteiger partial charge in [0.1, 0.15) is 12.3 Å². The Hall–Kier alpha value is -2.76. The molecule has 0 spiro atoms. The highest BCUT2D eigenvalue weighted by Gasteiger charge is 2.23. The summed E-state index contributed by atoms with van der Waals surface area (Å²) in [5.74, 6) is -0.146. The van der Waals surface area contributed by atoms with Gasteiger partial charge >= 0.3 is 6.09 Å². The molecule has 1 aromatic heterocycles. The van der Waals surface area contributed by atoms with E-state index in [0.29, 0.717) is 25.4 Å². The zero-order chi connectivity index (χ0) is 14.7.